The second kappa shape index (κ2) is 5.85. The molecule has 0 radical (unpaired) electrons. The number of halogens is 1. The number of sulfonamides is 1. The molecule has 0 saturated heterocycles. The van der Waals surface area contributed by atoms with Gasteiger partial charge in [0.1, 0.15) is 5.75 Å². The Kier molecular flexibility index (Phi) is 4.35. The van der Waals surface area contributed by atoms with Gasteiger partial charge in [-0.15, -0.1) is 0 Å². The summed E-state index contributed by atoms with van der Waals surface area (Å²) in [6.07, 6.45) is 0.757. The van der Waals surface area contributed by atoms with Crippen LogP contribution in [0.5, 0.6) is 5.75 Å². The molecule has 2 aromatic carbocycles. The van der Waals surface area contributed by atoms with Crippen LogP contribution in [0.1, 0.15) is 12.5 Å². The van der Waals surface area contributed by atoms with E-state index in [1.165, 1.54) is 18.2 Å². The Morgan fingerprint density at radius 3 is 2.40 bits per heavy atom. The molecule has 2 aromatic rings. The van der Waals surface area contributed by atoms with Gasteiger partial charge >= 0.3 is 0 Å². The average Bonchev–Trinajstić information content (AvgIpc) is 2.41. The third-order valence-electron chi connectivity index (χ3n) is 2.84. The molecule has 2 rings (SSSR count). The number of hydrogen-bond acceptors (Lipinski definition) is 3. The van der Waals surface area contributed by atoms with E-state index >= 15 is 0 Å². The van der Waals surface area contributed by atoms with Crippen molar-refractivity contribution in [2.24, 2.45) is 0 Å². The average molecular weight is 356 g/mol. The van der Waals surface area contributed by atoms with E-state index in [1.807, 2.05) is 6.92 Å². The van der Waals surface area contributed by atoms with Crippen molar-refractivity contribution in [3.63, 3.8) is 0 Å². The number of rotatable bonds is 4. The van der Waals surface area contributed by atoms with Crippen molar-refractivity contribution in [2.75, 3.05) is 4.72 Å². The summed E-state index contributed by atoms with van der Waals surface area (Å²) < 4.78 is 27.7. The highest BCUT2D eigenvalue weighted by Crippen LogP contribution is 2.27. The number of aryl methyl sites for hydroxylation is 1. The summed E-state index contributed by atoms with van der Waals surface area (Å²) in [6.45, 7) is 1.96. The molecular formula is C14H14BrNO3S. The van der Waals surface area contributed by atoms with Crippen molar-refractivity contribution in [1.29, 1.82) is 0 Å². The van der Waals surface area contributed by atoms with Gasteiger partial charge in [0.05, 0.1) is 10.6 Å². The van der Waals surface area contributed by atoms with Crippen molar-refractivity contribution in [3.8, 4) is 5.75 Å². The first kappa shape index (κ1) is 14.9. The fourth-order valence-electron chi connectivity index (χ4n) is 1.70. The summed E-state index contributed by atoms with van der Waals surface area (Å²) in [5, 5.41) is 9.75. The van der Waals surface area contributed by atoms with Gasteiger partial charge in [-0.3, -0.25) is 4.72 Å². The van der Waals surface area contributed by atoms with Crippen molar-refractivity contribution in [2.45, 2.75) is 18.2 Å². The van der Waals surface area contributed by atoms with Crippen LogP contribution in [-0.4, -0.2) is 13.5 Å². The van der Waals surface area contributed by atoms with E-state index in [0.717, 1.165) is 16.5 Å². The van der Waals surface area contributed by atoms with Gasteiger partial charge in [0, 0.05) is 4.47 Å². The number of hydrogen-bond donors (Lipinski definition) is 2. The number of phenolic OH excluding ortho intramolecular Hbond substituents is 1. The SMILES string of the molecule is CCc1ccc(O)c(NS(=O)(=O)c2ccc(Br)cc2)c1. The van der Waals surface area contributed by atoms with Crippen LogP contribution < -0.4 is 4.72 Å². The lowest BCUT2D eigenvalue weighted by molar-refractivity contribution is 0.477. The summed E-state index contributed by atoms with van der Waals surface area (Å²) in [4.78, 5) is 0.141. The van der Waals surface area contributed by atoms with Gasteiger partial charge in [-0.05, 0) is 48.4 Å². The first-order valence-corrected chi connectivity index (χ1v) is 8.30. The zero-order valence-corrected chi connectivity index (χ0v) is 13.2. The number of anilines is 1. The highest BCUT2D eigenvalue weighted by atomic mass is 79.9. The minimum absolute atomic E-state index is 0.0945. The molecule has 0 bridgehead atoms. The van der Waals surface area contributed by atoms with Crippen LogP contribution in [0, 0.1) is 0 Å². The highest BCUT2D eigenvalue weighted by molar-refractivity contribution is 9.10. The lowest BCUT2D eigenvalue weighted by Crippen LogP contribution is -2.13. The van der Waals surface area contributed by atoms with Gasteiger partial charge in [-0.2, -0.15) is 0 Å². The lowest BCUT2D eigenvalue weighted by Gasteiger charge is -2.11. The molecule has 0 aromatic heterocycles. The fraction of sp³-hybridized carbons (Fsp3) is 0.143. The van der Waals surface area contributed by atoms with E-state index in [1.54, 1.807) is 24.3 Å². The maximum Gasteiger partial charge on any atom is 0.262 e. The molecule has 6 heteroatoms. The molecule has 0 aliphatic carbocycles. The normalized spacial score (nSPS) is 11.3. The van der Waals surface area contributed by atoms with Gasteiger partial charge in [-0.25, -0.2) is 8.42 Å². The predicted molar refractivity (Wildman–Crippen MR) is 82.4 cm³/mol. The first-order valence-electron chi connectivity index (χ1n) is 6.02. The summed E-state index contributed by atoms with van der Waals surface area (Å²) in [6, 6.07) is 11.2. The molecule has 4 nitrogen and oxygen atoms in total. The molecular weight excluding hydrogens is 342 g/mol. The van der Waals surface area contributed by atoms with Gasteiger partial charge in [0.2, 0.25) is 0 Å². The number of aromatic hydroxyl groups is 1. The number of phenols is 1. The van der Waals surface area contributed by atoms with Gasteiger partial charge < -0.3 is 5.11 Å². The molecule has 20 heavy (non-hydrogen) atoms. The van der Waals surface area contributed by atoms with Gasteiger partial charge in [0.25, 0.3) is 10.0 Å². The number of nitrogens with one attached hydrogen (secondary N) is 1. The first-order chi connectivity index (χ1) is 9.42. The van der Waals surface area contributed by atoms with Crippen LogP contribution in [0.15, 0.2) is 51.8 Å². The smallest absolute Gasteiger partial charge is 0.262 e. The largest absolute Gasteiger partial charge is 0.506 e. The second-order valence-electron chi connectivity index (χ2n) is 4.26. The molecule has 2 N–H and O–H groups in total. The molecule has 106 valence electrons. The topological polar surface area (TPSA) is 66.4 Å². The standard InChI is InChI=1S/C14H14BrNO3S/c1-2-10-3-8-14(17)13(9-10)16-20(18,19)12-6-4-11(15)5-7-12/h3-9,16-17H,2H2,1H3. The Hall–Kier alpha value is -1.53. The van der Waals surface area contributed by atoms with Crippen molar-refractivity contribution >= 4 is 31.6 Å². The van der Waals surface area contributed by atoms with Crippen molar-refractivity contribution in [3.05, 3.63) is 52.5 Å². The highest BCUT2D eigenvalue weighted by Gasteiger charge is 2.16. The molecule has 0 heterocycles. The summed E-state index contributed by atoms with van der Waals surface area (Å²) in [5.41, 5.74) is 1.13. The van der Waals surface area contributed by atoms with Gasteiger partial charge in [0.15, 0.2) is 0 Å². The molecule has 0 amide bonds. The quantitative estimate of drug-likeness (QED) is 0.824. The lowest BCUT2D eigenvalue weighted by atomic mass is 10.1. The second-order valence-corrected chi connectivity index (χ2v) is 6.86. The molecule has 0 aliphatic heterocycles. The summed E-state index contributed by atoms with van der Waals surface area (Å²) in [7, 11) is -3.71. The Morgan fingerprint density at radius 2 is 1.80 bits per heavy atom. The van der Waals surface area contributed by atoms with Crippen LogP contribution in [0.25, 0.3) is 0 Å². The summed E-state index contributed by atoms with van der Waals surface area (Å²) >= 11 is 3.25. The molecule has 0 aliphatic rings. The maximum atomic E-state index is 12.2. The van der Waals surface area contributed by atoms with Crippen molar-refractivity contribution in [1.82, 2.24) is 0 Å². The predicted octanol–water partition coefficient (Wildman–Crippen LogP) is 3.52. The van der Waals surface area contributed by atoms with Crippen LogP contribution in [-0.2, 0) is 16.4 Å². The molecule has 0 spiro atoms. The molecule has 0 unspecified atom stereocenters. The van der Waals surface area contributed by atoms with Gasteiger partial charge in [-0.1, -0.05) is 28.9 Å². The monoisotopic (exact) mass is 355 g/mol. The van der Waals surface area contributed by atoms with E-state index in [2.05, 4.69) is 20.7 Å². The Labute approximate surface area is 126 Å². The Morgan fingerprint density at radius 1 is 1.15 bits per heavy atom. The Bertz CT molecular complexity index is 712. The van der Waals surface area contributed by atoms with Crippen LogP contribution in [0.2, 0.25) is 0 Å². The van der Waals surface area contributed by atoms with E-state index in [4.69, 9.17) is 0 Å². The third kappa shape index (κ3) is 3.32. The van der Waals surface area contributed by atoms with Crippen LogP contribution in [0.4, 0.5) is 5.69 Å². The van der Waals surface area contributed by atoms with E-state index < -0.39 is 10.0 Å². The number of benzene rings is 2. The van der Waals surface area contributed by atoms with E-state index in [-0.39, 0.29) is 16.3 Å². The Balaban J connectivity index is 2.35. The van der Waals surface area contributed by atoms with Crippen LogP contribution in [0.3, 0.4) is 0 Å². The minimum atomic E-state index is -3.71. The maximum absolute atomic E-state index is 12.2. The van der Waals surface area contributed by atoms with Crippen molar-refractivity contribution < 1.29 is 13.5 Å². The van der Waals surface area contributed by atoms with E-state index in [0.29, 0.717) is 0 Å². The third-order valence-corrected chi connectivity index (χ3v) is 4.75. The summed E-state index contributed by atoms with van der Waals surface area (Å²) in [5.74, 6) is -0.0945. The minimum Gasteiger partial charge on any atom is -0.506 e. The molecule has 0 fully saturated rings. The van der Waals surface area contributed by atoms with E-state index in [9.17, 15) is 13.5 Å². The van der Waals surface area contributed by atoms with Crippen LogP contribution >= 0.6 is 15.9 Å². The molecule has 0 saturated carbocycles. The fourth-order valence-corrected chi connectivity index (χ4v) is 3.03. The zero-order chi connectivity index (χ0) is 14.8. The molecule has 0 atom stereocenters. The zero-order valence-electron chi connectivity index (χ0n) is 10.8.